The van der Waals surface area contributed by atoms with E-state index in [2.05, 4.69) is 12.1 Å². The summed E-state index contributed by atoms with van der Waals surface area (Å²) in [5.74, 6) is -0.491. The summed E-state index contributed by atoms with van der Waals surface area (Å²) in [6, 6.07) is 24.1. The molecule has 3 nitrogen and oxygen atoms in total. The summed E-state index contributed by atoms with van der Waals surface area (Å²) in [5, 5.41) is 10.9. The van der Waals surface area contributed by atoms with E-state index in [4.69, 9.17) is 0 Å². The molecule has 1 atom stereocenters. The van der Waals surface area contributed by atoms with Gasteiger partial charge in [0.25, 0.3) is 5.91 Å². The quantitative estimate of drug-likeness (QED) is 0.514. The minimum atomic E-state index is -0.332. The van der Waals surface area contributed by atoms with Crippen LogP contribution >= 0.6 is 11.8 Å². The van der Waals surface area contributed by atoms with E-state index in [1.807, 2.05) is 80.8 Å². The average molecular weight is 416 g/mol. The summed E-state index contributed by atoms with van der Waals surface area (Å²) in [6.45, 7) is 4.51. The van der Waals surface area contributed by atoms with E-state index in [9.17, 15) is 9.90 Å². The maximum Gasteiger partial charge on any atom is 0.290 e. The van der Waals surface area contributed by atoms with Crippen molar-refractivity contribution in [3.8, 4) is 0 Å². The van der Waals surface area contributed by atoms with E-state index >= 15 is 0 Å². The molecule has 3 aromatic carbocycles. The largest absolute Gasteiger partial charge is 0.503 e. The van der Waals surface area contributed by atoms with E-state index in [1.165, 1.54) is 4.90 Å². The van der Waals surface area contributed by atoms with Crippen LogP contribution in [0.5, 0.6) is 0 Å². The molecule has 4 heteroatoms. The maximum absolute atomic E-state index is 13.1. The van der Waals surface area contributed by atoms with Crippen molar-refractivity contribution in [3.63, 3.8) is 0 Å². The standard InChI is InChI=1S/C26H25NO2S/c1-17-4-10-20(11-5-17)23-24(21-12-6-18(2)7-13-21)27(26(29)25(23)28)16-19-8-14-22(30-3)15-9-19/h4-15,24,28H,16H2,1-3H3/t24-/m1/s1. The van der Waals surface area contributed by atoms with Gasteiger partial charge in [-0.2, -0.15) is 0 Å². The van der Waals surface area contributed by atoms with Gasteiger partial charge in [-0.1, -0.05) is 71.8 Å². The summed E-state index contributed by atoms with van der Waals surface area (Å²) in [5.41, 5.74) is 5.88. The smallest absolute Gasteiger partial charge is 0.290 e. The molecule has 4 rings (SSSR count). The Labute approximate surface area is 182 Å². The highest BCUT2D eigenvalue weighted by Gasteiger charge is 2.40. The molecule has 0 unspecified atom stereocenters. The Morgan fingerprint density at radius 1 is 0.867 bits per heavy atom. The number of aliphatic hydroxyl groups excluding tert-OH is 1. The van der Waals surface area contributed by atoms with Gasteiger partial charge in [0, 0.05) is 17.0 Å². The zero-order valence-corrected chi connectivity index (χ0v) is 18.2. The second-order valence-corrected chi connectivity index (χ2v) is 8.60. The van der Waals surface area contributed by atoms with Crippen LogP contribution in [-0.4, -0.2) is 22.2 Å². The zero-order chi connectivity index (χ0) is 21.3. The van der Waals surface area contributed by atoms with Crippen LogP contribution in [0.3, 0.4) is 0 Å². The molecular formula is C26H25NO2S. The first-order valence-electron chi connectivity index (χ1n) is 9.98. The second-order valence-electron chi connectivity index (χ2n) is 7.72. The van der Waals surface area contributed by atoms with Gasteiger partial charge in [0.15, 0.2) is 5.76 Å². The highest BCUT2D eigenvalue weighted by atomic mass is 32.2. The molecular weight excluding hydrogens is 390 g/mol. The van der Waals surface area contributed by atoms with Crippen LogP contribution in [0.4, 0.5) is 0 Å². The molecule has 1 N–H and O–H groups in total. The molecule has 0 bridgehead atoms. The van der Waals surface area contributed by atoms with Crippen molar-refractivity contribution in [1.82, 2.24) is 4.90 Å². The molecule has 3 aromatic rings. The Morgan fingerprint density at radius 2 is 1.43 bits per heavy atom. The fourth-order valence-electron chi connectivity index (χ4n) is 3.87. The van der Waals surface area contributed by atoms with E-state index in [-0.39, 0.29) is 17.7 Å². The van der Waals surface area contributed by atoms with Gasteiger partial charge in [0.2, 0.25) is 0 Å². The molecule has 1 aliphatic rings. The van der Waals surface area contributed by atoms with Gasteiger partial charge in [-0.05, 0) is 48.9 Å². The number of aliphatic hydroxyl groups is 1. The lowest BCUT2D eigenvalue weighted by Crippen LogP contribution is -2.29. The van der Waals surface area contributed by atoms with Gasteiger partial charge in [0.05, 0.1) is 6.04 Å². The molecule has 30 heavy (non-hydrogen) atoms. The summed E-state index contributed by atoms with van der Waals surface area (Å²) in [4.78, 5) is 16.1. The number of carbonyl (C=O) groups is 1. The third kappa shape index (κ3) is 3.88. The molecule has 0 radical (unpaired) electrons. The second kappa shape index (κ2) is 8.41. The van der Waals surface area contributed by atoms with E-state index < -0.39 is 0 Å². The zero-order valence-electron chi connectivity index (χ0n) is 17.4. The topological polar surface area (TPSA) is 40.5 Å². The van der Waals surface area contributed by atoms with Crippen LogP contribution in [0, 0.1) is 13.8 Å². The third-order valence-corrected chi connectivity index (χ3v) is 6.31. The fourth-order valence-corrected chi connectivity index (χ4v) is 4.28. The number of rotatable bonds is 5. The normalized spacial score (nSPS) is 16.4. The van der Waals surface area contributed by atoms with Gasteiger partial charge >= 0.3 is 0 Å². The van der Waals surface area contributed by atoms with E-state index in [0.717, 1.165) is 27.8 Å². The molecule has 0 saturated heterocycles. The Bertz CT molecular complexity index is 1080. The highest BCUT2D eigenvalue weighted by Crippen LogP contribution is 2.43. The van der Waals surface area contributed by atoms with Crippen molar-refractivity contribution < 1.29 is 9.90 Å². The minimum Gasteiger partial charge on any atom is -0.503 e. The van der Waals surface area contributed by atoms with Crippen molar-refractivity contribution in [3.05, 3.63) is 106 Å². The Kier molecular flexibility index (Phi) is 5.69. The lowest BCUT2D eigenvalue weighted by molar-refractivity contribution is -0.130. The number of benzene rings is 3. The molecule has 0 fully saturated rings. The number of hydrogen-bond acceptors (Lipinski definition) is 3. The van der Waals surface area contributed by atoms with Gasteiger partial charge in [0.1, 0.15) is 0 Å². The minimum absolute atomic E-state index is 0.162. The van der Waals surface area contributed by atoms with Crippen LogP contribution < -0.4 is 0 Å². The van der Waals surface area contributed by atoms with Crippen molar-refractivity contribution >= 4 is 23.2 Å². The van der Waals surface area contributed by atoms with Gasteiger partial charge in [-0.3, -0.25) is 4.79 Å². The molecule has 0 spiro atoms. The summed E-state index contributed by atoms with van der Waals surface area (Å²) < 4.78 is 0. The van der Waals surface area contributed by atoms with E-state index in [1.54, 1.807) is 16.7 Å². The summed E-state index contributed by atoms with van der Waals surface area (Å²) in [6.07, 6.45) is 2.04. The summed E-state index contributed by atoms with van der Waals surface area (Å²) >= 11 is 1.69. The van der Waals surface area contributed by atoms with E-state index in [0.29, 0.717) is 12.1 Å². The third-order valence-electron chi connectivity index (χ3n) is 5.57. The first kappa shape index (κ1) is 20.3. The van der Waals surface area contributed by atoms with Crippen molar-refractivity contribution in [2.45, 2.75) is 31.3 Å². The average Bonchev–Trinajstić information content (AvgIpc) is 3.00. The molecule has 1 aliphatic heterocycles. The van der Waals surface area contributed by atoms with Crippen LogP contribution in [0.2, 0.25) is 0 Å². The Morgan fingerprint density at radius 3 is 2.00 bits per heavy atom. The molecule has 1 amide bonds. The lowest BCUT2D eigenvalue weighted by atomic mass is 9.92. The fraction of sp³-hybridized carbons (Fsp3) is 0.192. The van der Waals surface area contributed by atoms with Gasteiger partial charge < -0.3 is 10.0 Å². The van der Waals surface area contributed by atoms with Crippen molar-refractivity contribution in [1.29, 1.82) is 0 Å². The maximum atomic E-state index is 13.1. The van der Waals surface area contributed by atoms with Crippen LogP contribution in [0.25, 0.3) is 5.57 Å². The van der Waals surface area contributed by atoms with Crippen molar-refractivity contribution in [2.24, 2.45) is 0 Å². The molecule has 152 valence electrons. The lowest BCUT2D eigenvalue weighted by Gasteiger charge is -2.27. The molecule has 1 heterocycles. The van der Waals surface area contributed by atoms with Crippen LogP contribution in [0.15, 0.2) is 83.5 Å². The Balaban J connectivity index is 1.77. The highest BCUT2D eigenvalue weighted by molar-refractivity contribution is 7.98. The number of carbonyl (C=O) groups excluding carboxylic acids is 1. The number of hydrogen-bond donors (Lipinski definition) is 1. The first-order chi connectivity index (χ1) is 14.5. The summed E-state index contributed by atoms with van der Waals surface area (Å²) in [7, 11) is 0. The van der Waals surface area contributed by atoms with Crippen LogP contribution in [-0.2, 0) is 11.3 Å². The number of thioether (sulfide) groups is 1. The molecule has 0 aliphatic carbocycles. The molecule has 0 saturated carbocycles. The number of nitrogens with zero attached hydrogens (tertiary/aromatic N) is 1. The number of aryl methyl sites for hydroxylation is 2. The van der Waals surface area contributed by atoms with Crippen molar-refractivity contribution in [2.75, 3.05) is 6.26 Å². The SMILES string of the molecule is CSc1ccc(CN2C(=O)C(O)=C(c3ccc(C)cc3)[C@H]2c2ccc(C)cc2)cc1. The predicted octanol–water partition coefficient (Wildman–Crippen LogP) is 6.08. The number of amides is 1. The predicted molar refractivity (Wildman–Crippen MR) is 123 cm³/mol. The molecule has 0 aromatic heterocycles. The van der Waals surface area contributed by atoms with Gasteiger partial charge in [-0.25, -0.2) is 0 Å². The van der Waals surface area contributed by atoms with Gasteiger partial charge in [-0.15, -0.1) is 11.8 Å². The van der Waals surface area contributed by atoms with Crippen LogP contribution in [0.1, 0.15) is 33.9 Å². The monoisotopic (exact) mass is 415 g/mol. The first-order valence-corrected chi connectivity index (χ1v) is 11.2. The Hall–Kier alpha value is -2.98.